The van der Waals surface area contributed by atoms with E-state index in [4.69, 9.17) is 0 Å². The second-order valence-electron chi connectivity index (χ2n) is 4.42. The third-order valence-corrected chi connectivity index (χ3v) is 5.39. The molecule has 0 heterocycles. The van der Waals surface area contributed by atoms with E-state index in [9.17, 15) is 0 Å². The van der Waals surface area contributed by atoms with Crippen LogP contribution >= 0.6 is 0 Å². The van der Waals surface area contributed by atoms with Crippen molar-refractivity contribution in [3.8, 4) is 0 Å². The summed E-state index contributed by atoms with van der Waals surface area (Å²) in [5.41, 5.74) is 0. The van der Waals surface area contributed by atoms with Gasteiger partial charge < -0.3 is 0 Å². The van der Waals surface area contributed by atoms with Crippen molar-refractivity contribution in [2.24, 2.45) is 5.92 Å². The Kier molecular flexibility index (Phi) is 10.5. The van der Waals surface area contributed by atoms with Crippen molar-refractivity contribution in [3.63, 3.8) is 0 Å². The van der Waals surface area contributed by atoms with Crippen molar-refractivity contribution in [1.82, 2.24) is 0 Å². The van der Waals surface area contributed by atoms with E-state index in [-0.39, 0.29) is 0 Å². The number of rotatable bonds is 9. The minimum absolute atomic E-state index is 0.319. The van der Waals surface area contributed by atoms with Gasteiger partial charge in [0.2, 0.25) is 0 Å². The van der Waals surface area contributed by atoms with Crippen LogP contribution in [0.1, 0.15) is 59.3 Å². The molecule has 0 aliphatic rings. The summed E-state index contributed by atoms with van der Waals surface area (Å²) < 4.78 is 0. The molecule has 0 aliphatic heterocycles. The Morgan fingerprint density at radius 3 is 2.31 bits per heavy atom. The first-order valence-corrected chi connectivity index (χ1v) is 8.31. The van der Waals surface area contributed by atoms with Gasteiger partial charge in [0, 0.05) is 9.52 Å². The highest BCUT2D eigenvalue weighted by molar-refractivity contribution is 6.35. The lowest BCUT2D eigenvalue weighted by Gasteiger charge is -2.06. The van der Waals surface area contributed by atoms with Crippen LogP contribution in [0, 0.1) is 5.92 Å². The Hall–Kier alpha value is 0.217. The van der Waals surface area contributed by atoms with Gasteiger partial charge >= 0.3 is 0 Å². The minimum atomic E-state index is 0.319. The zero-order valence-corrected chi connectivity index (χ0v) is 11.4. The maximum Gasteiger partial charge on any atom is 0.0200 e. The van der Waals surface area contributed by atoms with E-state index in [0.29, 0.717) is 9.52 Å². The molecule has 0 nitrogen and oxygen atoms in total. The van der Waals surface area contributed by atoms with Crippen molar-refractivity contribution < 1.29 is 0 Å². The van der Waals surface area contributed by atoms with Crippen molar-refractivity contribution in [3.05, 3.63) is 0 Å². The predicted molar refractivity (Wildman–Crippen MR) is 66.4 cm³/mol. The molecule has 0 bridgehead atoms. The van der Waals surface area contributed by atoms with Gasteiger partial charge in [-0.2, -0.15) is 0 Å². The van der Waals surface area contributed by atoms with Gasteiger partial charge in [-0.25, -0.2) is 0 Å². The molecule has 0 spiro atoms. The second kappa shape index (κ2) is 10.3. The molecule has 80 valence electrons. The summed E-state index contributed by atoms with van der Waals surface area (Å²) >= 11 is 0. The van der Waals surface area contributed by atoms with Gasteiger partial charge in [-0.15, -0.1) is 0 Å². The molecule has 0 fully saturated rings. The molecule has 13 heavy (non-hydrogen) atoms. The van der Waals surface area contributed by atoms with Crippen molar-refractivity contribution in [2.75, 3.05) is 0 Å². The lowest BCUT2D eigenvalue weighted by Crippen LogP contribution is -1.98. The molecule has 1 heteroatoms. The van der Waals surface area contributed by atoms with Gasteiger partial charge in [0.1, 0.15) is 0 Å². The third-order valence-electron chi connectivity index (χ3n) is 3.00. The highest BCUT2D eigenvalue weighted by Crippen LogP contribution is 2.10. The maximum atomic E-state index is 2.41. The van der Waals surface area contributed by atoms with Gasteiger partial charge in [0.15, 0.2) is 0 Å². The molecule has 0 aromatic heterocycles. The summed E-state index contributed by atoms with van der Waals surface area (Å²) in [6.45, 7) is 7.02. The standard InChI is InChI=1S/C12H28Si/c1-4-6-7-8-9-10-13-11-12(3)5-2/h12H,4-11,13H2,1-3H3/t12-/m0/s1. The van der Waals surface area contributed by atoms with Crippen LogP contribution in [-0.4, -0.2) is 9.52 Å². The zero-order chi connectivity index (χ0) is 9.94. The fourth-order valence-electron chi connectivity index (χ4n) is 1.65. The molecule has 0 rings (SSSR count). The molecule has 0 radical (unpaired) electrons. The molecule has 0 unspecified atom stereocenters. The Labute approximate surface area is 87.3 Å². The van der Waals surface area contributed by atoms with Crippen molar-refractivity contribution in [1.29, 1.82) is 0 Å². The number of hydrogen-bond acceptors (Lipinski definition) is 0. The van der Waals surface area contributed by atoms with Gasteiger partial charge in [-0.3, -0.25) is 0 Å². The molecular formula is C12H28Si. The summed E-state index contributed by atoms with van der Waals surface area (Å²) in [6, 6.07) is 3.19. The minimum Gasteiger partial charge on any atom is -0.0654 e. The van der Waals surface area contributed by atoms with E-state index in [0.717, 1.165) is 5.92 Å². The Morgan fingerprint density at radius 1 is 1.00 bits per heavy atom. The predicted octanol–water partition coefficient (Wildman–Crippen LogP) is 4.01. The van der Waals surface area contributed by atoms with Gasteiger partial charge in [-0.1, -0.05) is 71.4 Å². The number of unbranched alkanes of at least 4 members (excludes halogenated alkanes) is 4. The smallest absolute Gasteiger partial charge is 0.0200 e. The van der Waals surface area contributed by atoms with Crippen molar-refractivity contribution >= 4 is 9.52 Å². The Balaban J connectivity index is 2.91. The molecular weight excluding hydrogens is 172 g/mol. The van der Waals surface area contributed by atoms with Gasteiger partial charge in [-0.05, 0) is 5.92 Å². The fraction of sp³-hybridized carbons (Fsp3) is 1.00. The second-order valence-corrected chi connectivity index (χ2v) is 6.41. The molecule has 1 atom stereocenters. The fourth-order valence-corrected chi connectivity index (χ4v) is 3.75. The summed E-state index contributed by atoms with van der Waals surface area (Å²) in [5.74, 6) is 1.02. The van der Waals surface area contributed by atoms with Crippen molar-refractivity contribution in [2.45, 2.75) is 71.4 Å². The Morgan fingerprint density at radius 2 is 1.69 bits per heavy atom. The zero-order valence-electron chi connectivity index (χ0n) is 9.94. The SMILES string of the molecule is CCCCCCC[SiH2]C[C@@H](C)CC. The average molecular weight is 200 g/mol. The van der Waals surface area contributed by atoms with Crippen LogP contribution in [-0.2, 0) is 0 Å². The molecule has 0 aromatic rings. The molecule has 0 aliphatic carbocycles. The maximum absolute atomic E-state index is 2.41. The molecule has 0 amide bonds. The molecule has 0 N–H and O–H groups in total. The van der Waals surface area contributed by atoms with Crippen LogP contribution in [0.25, 0.3) is 0 Å². The van der Waals surface area contributed by atoms with E-state index >= 15 is 0 Å². The highest BCUT2D eigenvalue weighted by atomic mass is 28.2. The van der Waals surface area contributed by atoms with E-state index < -0.39 is 0 Å². The highest BCUT2D eigenvalue weighted by Gasteiger charge is 1.98. The lowest BCUT2D eigenvalue weighted by atomic mass is 10.2. The summed E-state index contributed by atoms with van der Waals surface area (Å²) in [7, 11) is 0.319. The molecule has 0 saturated heterocycles. The van der Waals surface area contributed by atoms with E-state index in [1.54, 1.807) is 12.1 Å². The van der Waals surface area contributed by atoms with E-state index in [1.807, 2.05) is 0 Å². The largest absolute Gasteiger partial charge is 0.0654 e. The quantitative estimate of drug-likeness (QED) is 0.390. The first-order valence-electron chi connectivity index (χ1n) is 6.31. The van der Waals surface area contributed by atoms with Crippen LogP contribution in [0.3, 0.4) is 0 Å². The van der Waals surface area contributed by atoms with E-state index in [1.165, 1.54) is 38.5 Å². The van der Waals surface area contributed by atoms with Crippen LogP contribution in [0.5, 0.6) is 0 Å². The third kappa shape index (κ3) is 10.1. The first-order chi connectivity index (χ1) is 6.31. The normalized spacial score (nSPS) is 14.1. The first kappa shape index (κ1) is 13.2. The van der Waals surface area contributed by atoms with Crippen LogP contribution in [0.2, 0.25) is 12.1 Å². The van der Waals surface area contributed by atoms with Crippen LogP contribution < -0.4 is 0 Å². The Bertz CT molecular complexity index is 91.1. The molecule has 0 aromatic carbocycles. The average Bonchev–Trinajstić information content (AvgIpc) is 2.16. The van der Waals surface area contributed by atoms with Gasteiger partial charge in [0.05, 0.1) is 0 Å². The van der Waals surface area contributed by atoms with Crippen LogP contribution in [0.15, 0.2) is 0 Å². The summed E-state index contributed by atoms with van der Waals surface area (Å²) in [4.78, 5) is 0. The topological polar surface area (TPSA) is 0 Å². The molecule has 0 saturated carbocycles. The lowest BCUT2D eigenvalue weighted by molar-refractivity contribution is 0.617. The number of hydrogen-bond donors (Lipinski definition) is 0. The summed E-state index contributed by atoms with van der Waals surface area (Å²) in [5, 5.41) is 0. The summed E-state index contributed by atoms with van der Waals surface area (Å²) in [6.07, 6.45) is 8.73. The van der Waals surface area contributed by atoms with Gasteiger partial charge in [0.25, 0.3) is 0 Å². The monoisotopic (exact) mass is 200 g/mol. The van der Waals surface area contributed by atoms with E-state index in [2.05, 4.69) is 20.8 Å². The van der Waals surface area contributed by atoms with Crippen LogP contribution in [0.4, 0.5) is 0 Å².